The highest BCUT2D eigenvalue weighted by atomic mass is 35.5. The Morgan fingerprint density at radius 2 is 1.60 bits per heavy atom. The molecule has 11 heteroatoms. The summed E-state index contributed by atoms with van der Waals surface area (Å²) in [4.78, 5) is 41.0. The Morgan fingerprint density at radius 1 is 1.02 bits per heavy atom. The van der Waals surface area contributed by atoms with Crippen LogP contribution in [0.5, 0.6) is 0 Å². The number of nitrogens with one attached hydrogen (secondary N) is 1. The second-order valence-corrected chi connectivity index (χ2v) is 11.2. The van der Waals surface area contributed by atoms with Crippen LogP contribution in [0.25, 0.3) is 0 Å². The van der Waals surface area contributed by atoms with Gasteiger partial charge in [0.2, 0.25) is 5.91 Å². The van der Waals surface area contributed by atoms with Gasteiger partial charge in [-0.1, -0.05) is 72.9 Å². The Balaban J connectivity index is 1.82. The molecule has 1 aliphatic heterocycles. The van der Waals surface area contributed by atoms with Crippen LogP contribution in [0.4, 0.5) is 0 Å². The highest BCUT2D eigenvalue weighted by Crippen LogP contribution is 2.44. The van der Waals surface area contributed by atoms with Crippen LogP contribution in [0.3, 0.4) is 0 Å². The maximum absolute atomic E-state index is 14.4. The number of hydrogen-bond acceptors (Lipinski definition) is 6. The molecule has 9 nitrogen and oxygen atoms in total. The first-order valence-corrected chi connectivity index (χ1v) is 14.6. The molecule has 0 spiro atoms. The van der Waals surface area contributed by atoms with E-state index in [4.69, 9.17) is 33.7 Å². The number of aliphatic carboxylic acids is 1. The van der Waals surface area contributed by atoms with Crippen molar-refractivity contribution in [1.29, 1.82) is 5.26 Å². The average Bonchev–Trinajstić information content (AvgIpc) is 3.00. The third-order valence-electron chi connectivity index (χ3n) is 7.36. The largest absolute Gasteiger partial charge is 0.480 e. The molecule has 0 radical (unpaired) electrons. The van der Waals surface area contributed by atoms with Crippen molar-refractivity contribution < 1.29 is 24.2 Å². The minimum absolute atomic E-state index is 0.197. The van der Waals surface area contributed by atoms with E-state index in [0.717, 1.165) is 11.1 Å². The molecule has 1 heterocycles. The Kier molecular flexibility index (Phi) is 10.8. The lowest BCUT2D eigenvalue weighted by Crippen LogP contribution is -2.59. The van der Waals surface area contributed by atoms with Crippen molar-refractivity contribution in [3.63, 3.8) is 0 Å². The van der Waals surface area contributed by atoms with Gasteiger partial charge in [0, 0.05) is 23.0 Å². The van der Waals surface area contributed by atoms with Gasteiger partial charge in [-0.2, -0.15) is 5.26 Å². The lowest BCUT2D eigenvalue weighted by molar-refractivity contribution is -0.181. The molecule has 224 valence electrons. The maximum Gasteiger partial charge on any atom is 0.322 e. The third kappa shape index (κ3) is 7.72. The lowest BCUT2D eigenvalue weighted by Gasteiger charge is -2.47. The van der Waals surface area contributed by atoms with Crippen molar-refractivity contribution in [1.82, 2.24) is 10.2 Å². The number of morpholine rings is 1. The van der Waals surface area contributed by atoms with Gasteiger partial charge < -0.3 is 25.8 Å². The fourth-order valence-electron chi connectivity index (χ4n) is 5.17. The lowest BCUT2D eigenvalue weighted by atomic mass is 9.88. The summed E-state index contributed by atoms with van der Waals surface area (Å²) in [7, 11) is 0. The second-order valence-electron chi connectivity index (χ2n) is 10.3. The molecular weight excluding hydrogens is 591 g/mol. The first kappa shape index (κ1) is 32.0. The van der Waals surface area contributed by atoms with Crippen molar-refractivity contribution in [3.8, 4) is 6.07 Å². The first-order chi connectivity index (χ1) is 20.6. The van der Waals surface area contributed by atoms with E-state index in [1.54, 1.807) is 65.6 Å². The summed E-state index contributed by atoms with van der Waals surface area (Å²) < 4.78 is 6.59. The fraction of sp³-hybridized carbons (Fsp3) is 0.312. The molecule has 1 fully saturated rings. The molecule has 3 aromatic carbocycles. The number of hydrogen-bond donors (Lipinski definition) is 3. The van der Waals surface area contributed by atoms with Crippen molar-refractivity contribution in [2.45, 2.75) is 56.5 Å². The number of halogens is 2. The van der Waals surface area contributed by atoms with Gasteiger partial charge in [-0.3, -0.25) is 14.4 Å². The van der Waals surface area contributed by atoms with E-state index >= 15 is 0 Å². The molecule has 1 saturated heterocycles. The minimum Gasteiger partial charge on any atom is -0.480 e. The average molecular weight is 624 g/mol. The first-order valence-electron chi connectivity index (χ1n) is 13.9. The Bertz CT molecular complexity index is 1480. The molecule has 43 heavy (non-hydrogen) atoms. The number of carbonyl (C=O) groups excluding carboxylic acids is 2. The smallest absolute Gasteiger partial charge is 0.322 e. The van der Waals surface area contributed by atoms with Crippen molar-refractivity contribution in [2.75, 3.05) is 6.54 Å². The van der Waals surface area contributed by atoms with Gasteiger partial charge in [-0.15, -0.1) is 0 Å². The molecule has 4 N–H and O–H groups in total. The van der Waals surface area contributed by atoms with Crippen molar-refractivity contribution in [3.05, 3.63) is 105 Å². The molecule has 0 aromatic heterocycles. The number of ether oxygens (including phenoxy) is 1. The zero-order chi connectivity index (χ0) is 31.1. The van der Waals surface area contributed by atoms with Gasteiger partial charge in [-0.25, -0.2) is 0 Å². The summed E-state index contributed by atoms with van der Waals surface area (Å²) in [6.45, 7) is 1.60. The molecule has 0 bridgehead atoms. The topological polar surface area (TPSA) is 146 Å². The van der Waals surface area contributed by atoms with E-state index in [2.05, 4.69) is 11.4 Å². The van der Waals surface area contributed by atoms with Crippen LogP contribution in [0.15, 0.2) is 72.8 Å². The number of rotatable bonds is 11. The fourth-order valence-corrected chi connectivity index (χ4v) is 5.42. The molecule has 3 aromatic rings. The van der Waals surface area contributed by atoms with Crippen LogP contribution >= 0.6 is 23.2 Å². The Hall–Kier alpha value is -3.94. The number of carboxylic acid groups (broad SMARTS) is 1. The van der Waals surface area contributed by atoms with Gasteiger partial charge in [0.25, 0.3) is 5.91 Å². The van der Waals surface area contributed by atoms with E-state index in [0.29, 0.717) is 34.0 Å². The Morgan fingerprint density at radius 3 is 2.14 bits per heavy atom. The molecule has 0 aliphatic carbocycles. The van der Waals surface area contributed by atoms with Crippen LogP contribution in [0.2, 0.25) is 10.0 Å². The summed E-state index contributed by atoms with van der Waals surface area (Å²) in [6.07, 6.45) is -0.602. The number of benzene rings is 3. The highest BCUT2D eigenvalue weighted by molar-refractivity contribution is 6.30. The standard InChI is InChI=1S/C32H32Cl2N4O5/c1-2-3-26(30(39)37-18-25(36)32(41)42)38-28(21-8-12-23(33)13-9-21)29(22-10-14-24(34)15-11-22)43-27(31(38)40)16-19-4-6-20(17-35)7-5-19/h4-15,25-29H,2-3,16,18,36H2,1H3,(H,37,39)(H,41,42)/t25-,26+,27-,28+,29-/m1/s1. The van der Waals surface area contributed by atoms with Gasteiger partial charge >= 0.3 is 5.97 Å². The molecule has 4 rings (SSSR count). The number of nitriles is 1. The zero-order valence-electron chi connectivity index (χ0n) is 23.5. The predicted octanol–water partition coefficient (Wildman–Crippen LogP) is 4.81. The summed E-state index contributed by atoms with van der Waals surface area (Å²) >= 11 is 12.4. The number of nitrogens with zero attached hydrogens (tertiary/aromatic N) is 2. The van der Waals surface area contributed by atoms with Gasteiger partial charge in [0.15, 0.2) is 0 Å². The normalized spacial score (nSPS) is 19.7. The van der Waals surface area contributed by atoms with E-state index < -0.39 is 48.1 Å². The molecule has 0 saturated carbocycles. The summed E-state index contributed by atoms with van der Waals surface area (Å²) in [6, 6.07) is 20.1. The molecular formula is C32H32Cl2N4O5. The summed E-state index contributed by atoms with van der Waals surface area (Å²) in [5.41, 5.74) is 8.37. The van der Waals surface area contributed by atoms with Gasteiger partial charge in [0.1, 0.15) is 24.3 Å². The third-order valence-corrected chi connectivity index (χ3v) is 7.86. The maximum atomic E-state index is 14.4. The molecule has 5 atom stereocenters. The summed E-state index contributed by atoms with van der Waals surface area (Å²) in [5, 5.41) is 22.1. The number of carbonyl (C=O) groups is 3. The van der Waals surface area contributed by atoms with Crippen molar-refractivity contribution in [2.24, 2.45) is 5.73 Å². The zero-order valence-corrected chi connectivity index (χ0v) is 25.0. The number of nitrogens with two attached hydrogens (primary N) is 1. The van der Waals surface area contributed by atoms with E-state index in [1.165, 1.54) is 0 Å². The number of amides is 2. The molecule has 0 unspecified atom stereocenters. The summed E-state index contributed by atoms with van der Waals surface area (Å²) in [5.74, 6) is -2.16. The van der Waals surface area contributed by atoms with E-state index in [-0.39, 0.29) is 13.0 Å². The van der Waals surface area contributed by atoms with Crippen LogP contribution in [0.1, 0.15) is 54.2 Å². The SMILES string of the molecule is CCC[C@@H](C(=O)NC[C@@H](N)C(=O)O)N1C(=O)[C@@H](Cc2ccc(C#N)cc2)O[C@H](c2ccc(Cl)cc2)[C@@H]1c1ccc(Cl)cc1. The van der Waals surface area contributed by atoms with Gasteiger partial charge in [0.05, 0.1) is 17.7 Å². The second kappa shape index (κ2) is 14.5. The van der Waals surface area contributed by atoms with Crippen LogP contribution in [-0.2, 0) is 25.5 Å². The van der Waals surface area contributed by atoms with Crippen LogP contribution < -0.4 is 11.1 Å². The monoisotopic (exact) mass is 622 g/mol. The van der Waals surface area contributed by atoms with Crippen LogP contribution in [-0.4, -0.2) is 52.5 Å². The predicted molar refractivity (Wildman–Crippen MR) is 162 cm³/mol. The number of carboxylic acids is 1. The minimum atomic E-state index is -1.30. The van der Waals surface area contributed by atoms with Crippen LogP contribution in [0, 0.1) is 11.3 Å². The quantitative estimate of drug-likeness (QED) is 0.278. The van der Waals surface area contributed by atoms with Gasteiger partial charge in [-0.05, 0) is 59.5 Å². The molecule has 2 amide bonds. The van der Waals surface area contributed by atoms with E-state index in [9.17, 15) is 24.8 Å². The Labute approximate surface area is 260 Å². The van der Waals surface area contributed by atoms with Crippen molar-refractivity contribution >= 4 is 41.0 Å². The van der Waals surface area contributed by atoms with E-state index in [1.807, 2.05) is 19.1 Å². The molecule has 1 aliphatic rings. The highest BCUT2D eigenvalue weighted by Gasteiger charge is 2.48.